The van der Waals surface area contributed by atoms with Gasteiger partial charge in [0.1, 0.15) is 22.1 Å². The standard InChI is InChI=1S/C21H20F4N4O5S/c1-8(2)33-21(32)14-9(3)15(18(26)30)35-20(14)27-19(31)13-5-4-10(34-13)7-29-12(17(24)25)6-11(28-29)16(22)23/h4-6,8,16-17H,7H2,1-3H3,(H2,26,30)(H,27,31). The van der Waals surface area contributed by atoms with Crippen LogP contribution >= 0.6 is 11.3 Å². The van der Waals surface area contributed by atoms with E-state index >= 15 is 0 Å². The second kappa shape index (κ2) is 10.3. The van der Waals surface area contributed by atoms with Crippen molar-refractivity contribution in [2.45, 2.75) is 46.3 Å². The van der Waals surface area contributed by atoms with Crippen LogP contribution in [0, 0.1) is 6.92 Å². The summed E-state index contributed by atoms with van der Waals surface area (Å²) in [5.41, 5.74) is 3.99. The Hall–Kier alpha value is -3.68. The smallest absolute Gasteiger partial charge is 0.341 e. The van der Waals surface area contributed by atoms with E-state index in [2.05, 4.69) is 10.4 Å². The Morgan fingerprint density at radius 2 is 1.89 bits per heavy atom. The maximum Gasteiger partial charge on any atom is 0.341 e. The Kier molecular flexibility index (Phi) is 7.63. The van der Waals surface area contributed by atoms with Crippen LogP contribution in [-0.2, 0) is 11.3 Å². The number of anilines is 1. The SMILES string of the molecule is Cc1c(C(N)=O)sc(NC(=O)c2ccc(Cn3nc(C(F)F)cc3C(F)F)o2)c1C(=O)OC(C)C. The summed E-state index contributed by atoms with van der Waals surface area (Å²) < 4.78 is 63.3. The van der Waals surface area contributed by atoms with Crippen LogP contribution in [0.1, 0.15) is 80.0 Å². The number of amides is 2. The Morgan fingerprint density at radius 1 is 1.20 bits per heavy atom. The largest absolute Gasteiger partial charge is 0.459 e. The molecule has 3 N–H and O–H groups in total. The number of ether oxygens (including phenoxy) is 1. The highest BCUT2D eigenvalue weighted by Crippen LogP contribution is 2.34. The van der Waals surface area contributed by atoms with E-state index in [1.54, 1.807) is 13.8 Å². The number of nitrogens with one attached hydrogen (secondary N) is 1. The molecular weight excluding hydrogens is 496 g/mol. The first-order valence-corrected chi connectivity index (χ1v) is 10.9. The topological polar surface area (TPSA) is 129 Å². The van der Waals surface area contributed by atoms with Crippen molar-refractivity contribution in [2.75, 3.05) is 5.32 Å². The van der Waals surface area contributed by atoms with Gasteiger partial charge in [0.15, 0.2) is 5.76 Å². The molecule has 0 fully saturated rings. The van der Waals surface area contributed by atoms with E-state index < -0.39 is 54.7 Å². The van der Waals surface area contributed by atoms with Crippen molar-refractivity contribution in [2.24, 2.45) is 5.73 Å². The molecule has 0 aliphatic rings. The van der Waals surface area contributed by atoms with Crippen LogP contribution in [0.15, 0.2) is 22.6 Å². The molecule has 0 spiro atoms. The predicted octanol–water partition coefficient (Wildman–Crippen LogP) is 4.69. The Labute approximate surface area is 199 Å². The van der Waals surface area contributed by atoms with Gasteiger partial charge in [-0.25, -0.2) is 22.4 Å². The van der Waals surface area contributed by atoms with Crippen molar-refractivity contribution < 1.29 is 41.1 Å². The van der Waals surface area contributed by atoms with E-state index in [1.807, 2.05) is 0 Å². The Morgan fingerprint density at radius 3 is 2.46 bits per heavy atom. The van der Waals surface area contributed by atoms with Gasteiger partial charge < -0.3 is 20.2 Å². The third-order valence-corrected chi connectivity index (χ3v) is 5.83. The number of nitrogens with zero attached hydrogens (tertiary/aromatic N) is 2. The molecular formula is C21H20F4N4O5S. The van der Waals surface area contributed by atoms with Crippen molar-refractivity contribution in [3.63, 3.8) is 0 Å². The number of thiophene rings is 1. The third kappa shape index (κ3) is 5.70. The van der Waals surface area contributed by atoms with Gasteiger partial charge in [-0.2, -0.15) is 5.10 Å². The normalized spacial score (nSPS) is 11.5. The van der Waals surface area contributed by atoms with Crippen molar-refractivity contribution >= 4 is 34.1 Å². The van der Waals surface area contributed by atoms with Gasteiger partial charge >= 0.3 is 5.97 Å². The zero-order chi connectivity index (χ0) is 26.0. The van der Waals surface area contributed by atoms with Crippen LogP contribution in [0.3, 0.4) is 0 Å². The van der Waals surface area contributed by atoms with Gasteiger partial charge in [-0.15, -0.1) is 11.3 Å². The highest BCUT2D eigenvalue weighted by molar-refractivity contribution is 7.18. The first-order chi connectivity index (χ1) is 16.4. The molecule has 0 saturated heterocycles. The van der Waals surface area contributed by atoms with Gasteiger partial charge in [0.25, 0.3) is 24.7 Å². The predicted molar refractivity (Wildman–Crippen MR) is 116 cm³/mol. The Balaban J connectivity index is 1.85. The van der Waals surface area contributed by atoms with Crippen LogP contribution in [0.25, 0.3) is 0 Å². The van der Waals surface area contributed by atoms with Crippen molar-refractivity contribution in [3.05, 3.63) is 57.1 Å². The summed E-state index contributed by atoms with van der Waals surface area (Å²) in [6.07, 6.45) is -6.57. The maximum atomic E-state index is 13.2. The number of hydrogen-bond donors (Lipinski definition) is 2. The number of hydrogen-bond acceptors (Lipinski definition) is 7. The minimum absolute atomic E-state index is 0.00135. The summed E-state index contributed by atoms with van der Waals surface area (Å²) in [7, 11) is 0. The molecule has 0 aliphatic heterocycles. The molecule has 188 valence electrons. The second-order valence-corrected chi connectivity index (χ2v) is 8.57. The van der Waals surface area contributed by atoms with E-state index in [9.17, 15) is 31.9 Å². The number of nitrogens with two attached hydrogens (primary N) is 1. The van der Waals surface area contributed by atoms with Gasteiger partial charge in [0, 0.05) is 0 Å². The van der Waals surface area contributed by atoms with Gasteiger partial charge in [-0.3, -0.25) is 14.3 Å². The maximum absolute atomic E-state index is 13.2. The molecule has 2 amide bonds. The highest BCUT2D eigenvalue weighted by atomic mass is 32.1. The average Bonchev–Trinajstić information content (AvgIpc) is 3.45. The summed E-state index contributed by atoms with van der Waals surface area (Å²) in [5, 5.41) is 5.92. The average molecular weight is 516 g/mol. The number of furan rings is 1. The van der Waals surface area contributed by atoms with Gasteiger partial charge in [-0.05, 0) is 44.5 Å². The molecule has 3 aromatic heterocycles. The lowest BCUT2D eigenvalue weighted by molar-refractivity contribution is 0.0379. The first-order valence-electron chi connectivity index (χ1n) is 10.1. The van der Waals surface area contributed by atoms with Crippen LogP contribution in [0.4, 0.5) is 22.6 Å². The molecule has 35 heavy (non-hydrogen) atoms. The number of rotatable bonds is 9. The molecule has 0 radical (unpaired) electrons. The fourth-order valence-corrected chi connectivity index (χ4v) is 4.16. The minimum atomic E-state index is -3.06. The first kappa shape index (κ1) is 25.9. The molecule has 3 aromatic rings. The van der Waals surface area contributed by atoms with Crippen LogP contribution in [0.5, 0.6) is 0 Å². The molecule has 14 heteroatoms. The van der Waals surface area contributed by atoms with Gasteiger partial charge in [0.05, 0.1) is 23.1 Å². The molecule has 0 aromatic carbocycles. The number of carbonyl (C=O) groups is 3. The number of carbonyl (C=O) groups excluding carboxylic acids is 3. The highest BCUT2D eigenvalue weighted by Gasteiger charge is 2.27. The molecule has 0 atom stereocenters. The molecule has 0 saturated carbocycles. The third-order valence-electron chi connectivity index (χ3n) is 4.61. The lowest BCUT2D eigenvalue weighted by Gasteiger charge is -2.10. The summed E-state index contributed by atoms with van der Waals surface area (Å²) in [6, 6.07) is 3.11. The van der Waals surface area contributed by atoms with E-state index in [0.717, 1.165) is 11.3 Å². The van der Waals surface area contributed by atoms with Gasteiger partial charge in [0.2, 0.25) is 0 Å². The monoisotopic (exact) mass is 516 g/mol. The Bertz CT molecular complexity index is 1260. The van der Waals surface area contributed by atoms with E-state index in [-0.39, 0.29) is 32.5 Å². The van der Waals surface area contributed by atoms with Crippen molar-refractivity contribution in [1.29, 1.82) is 0 Å². The summed E-state index contributed by atoms with van der Waals surface area (Å²) in [6.45, 7) is 4.29. The van der Waals surface area contributed by atoms with Crippen LogP contribution < -0.4 is 11.1 Å². The molecule has 0 aliphatic carbocycles. The molecule has 9 nitrogen and oxygen atoms in total. The van der Waals surface area contributed by atoms with Crippen LogP contribution in [0.2, 0.25) is 0 Å². The van der Waals surface area contributed by atoms with Crippen LogP contribution in [-0.4, -0.2) is 33.7 Å². The quantitative estimate of drug-likeness (QED) is 0.314. The van der Waals surface area contributed by atoms with E-state index in [1.165, 1.54) is 19.1 Å². The number of primary amides is 1. The molecule has 0 unspecified atom stereocenters. The fourth-order valence-electron chi connectivity index (χ4n) is 3.11. The number of alkyl halides is 4. The summed E-state index contributed by atoms with van der Waals surface area (Å²) >= 11 is 0.775. The molecule has 3 rings (SSSR count). The zero-order valence-corrected chi connectivity index (χ0v) is 19.4. The van der Waals surface area contributed by atoms with Crippen molar-refractivity contribution in [3.8, 4) is 0 Å². The summed E-state index contributed by atoms with van der Waals surface area (Å²) in [5.74, 6) is -2.68. The second-order valence-electron chi connectivity index (χ2n) is 7.55. The van der Waals surface area contributed by atoms with E-state index in [4.69, 9.17) is 14.9 Å². The van der Waals surface area contributed by atoms with Crippen molar-refractivity contribution in [1.82, 2.24) is 9.78 Å². The number of aromatic nitrogens is 2. The number of halogens is 4. The summed E-state index contributed by atoms with van der Waals surface area (Å²) in [4.78, 5) is 37.0. The minimum Gasteiger partial charge on any atom is -0.459 e. The zero-order valence-electron chi connectivity index (χ0n) is 18.6. The molecule has 0 bridgehead atoms. The lowest BCUT2D eigenvalue weighted by atomic mass is 10.1. The fraction of sp³-hybridized carbons (Fsp3) is 0.333. The lowest BCUT2D eigenvalue weighted by Crippen LogP contribution is -2.17. The number of esters is 1. The van der Waals surface area contributed by atoms with E-state index in [0.29, 0.717) is 10.7 Å². The molecule has 3 heterocycles. The van der Waals surface area contributed by atoms with Gasteiger partial charge in [-0.1, -0.05) is 0 Å².